The Hall–Kier alpha value is -1.72. The minimum atomic E-state index is 0.186. The fraction of sp³-hybridized carbons (Fsp3) is 0.444. The minimum absolute atomic E-state index is 0.186. The first-order valence-corrected chi connectivity index (χ1v) is 9.10. The lowest BCUT2D eigenvalue weighted by molar-refractivity contribution is -0.140. The van der Waals surface area contributed by atoms with Gasteiger partial charge in [0.1, 0.15) is 0 Å². The minimum Gasteiger partial charge on any atom is -0.338 e. The van der Waals surface area contributed by atoms with Crippen LogP contribution in [0.2, 0.25) is 0 Å². The van der Waals surface area contributed by atoms with Crippen molar-refractivity contribution in [1.82, 2.24) is 14.8 Å². The SMILES string of the molecule is O=C1[C@H]2CN(Cc3cccs3)C[C@H]2CCN1Cc1ccncc1. The number of amides is 1. The number of carbonyl (C=O) groups is 1. The van der Waals surface area contributed by atoms with Crippen molar-refractivity contribution >= 4 is 17.2 Å². The molecule has 0 aliphatic carbocycles. The summed E-state index contributed by atoms with van der Waals surface area (Å²) in [4.78, 5) is 22.8. The summed E-state index contributed by atoms with van der Waals surface area (Å²) >= 11 is 1.80. The molecule has 0 radical (unpaired) electrons. The molecule has 0 spiro atoms. The smallest absolute Gasteiger partial charge is 0.227 e. The van der Waals surface area contributed by atoms with Gasteiger partial charge < -0.3 is 4.90 Å². The van der Waals surface area contributed by atoms with E-state index in [1.54, 1.807) is 23.7 Å². The summed E-state index contributed by atoms with van der Waals surface area (Å²) in [7, 11) is 0. The van der Waals surface area contributed by atoms with Gasteiger partial charge in [0.05, 0.1) is 5.92 Å². The van der Waals surface area contributed by atoms with Crippen LogP contribution < -0.4 is 0 Å². The molecule has 5 heteroatoms. The van der Waals surface area contributed by atoms with Gasteiger partial charge in [-0.1, -0.05) is 6.07 Å². The average Bonchev–Trinajstić information content (AvgIpc) is 3.21. The molecule has 2 aromatic rings. The monoisotopic (exact) mass is 327 g/mol. The molecule has 0 aromatic carbocycles. The molecule has 2 aliphatic rings. The number of hydrogen-bond donors (Lipinski definition) is 0. The van der Waals surface area contributed by atoms with Gasteiger partial charge in [-0.05, 0) is 41.5 Å². The van der Waals surface area contributed by atoms with Crippen molar-refractivity contribution in [2.24, 2.45) is 11.8 Å². The van der Waals surface area contributed by atoms with Crippen molar-refractivity contribution in [1.29, 1.82) is 0 Å². The highest BCUT2D eigenvalue weighted by atomic mass is 32.1. The van der Waals surface area contributed by atoms with Gasteiger partial charge in [0.2, 0.25) is 5.91 Å². The molecule has 4 heterocycles. The van der Waals surface area contributed by atoms with Gasteiger partial charge in [0.25, 0.3) is 0 Å². The average molecular weight is 327 g/mol. The third kappa shape index (κ3) is 3.16. The third-order valence-corrected chi connectivity index (χ3v) is 5.86. The van der Waals surface area contributed by atoms with Crippen molar-refractivity contribution in [3.8, 4) is 0 Å². The fourth-order valence-corrected chi connectivity index (χ4v) is 4.56. The second-order valence-corrected chi connectivity index (χ2v) is 7.58. The maximum atomic E-state index is 12.8. The van der Waals surface area contributed by atoms with E-state index < -0.39 is 0 Å². The van der Waals surface area contributed by atoms with Gasteiger partial charge in [-0.15, -0.1) is 11.3 Å². The molecule has 2 aliphatic heterocycles. The summed E-state index contributed by atoms with van der Waals surface area (Å²) in [6.07, 6.45) is 4.72. The van der Waals surface area contributed by atoms with E-state index in [0.717, 1.165) is 39.1 Å². The van der Waals surface area contributed by atoms with Gasteiger partial charge >= 0.3 is 0 Å². The molecule has 23 heavy (non-hydrogen) atoms. The summed E-state index contributed by atoms with van der Waals surface area (Å²) < 4.78 is 0. The number of aromatic nitrogens is 1. The van der Waals surface area contributed by atoms with Crippen molar-refractivity contribution in [2.45, 2.75) is 19.5 Å². The maximum Gasteiger partial charge on any atom is 0.227 e. The predicted octanol–water partition coefficient (Wildman–Crippen LogP) is 2.62. The molecule has 2 saturated heterocycles. The summed E-state index contributed by atoms with van der Waals surface area (Å²) in [5.41, 5.74) is 1.17. The lowest BCUT2D eigenvalue weighted by atomic mass is 9.88. The Bertz CT molecular complexity index is 658. The number of hydrogen-bond acceptors (Lipinski definition) is 4. The highest BCUT2D eigenvalue weighted by Crippen LogP contribution is 2.33. The van der Waals surface area contributed by atoms with Crippen LogP contribution in [0, 0.1) is 11.8 Å². The number of thiophene rings is 1. The molecule has 4 nitrogen and oxygen atoms in total. The number of carbonyl (C=O) groups excluding carboxylic acids is 1. The van der Waals surface area contributed by atoms with E-state index in [2.05, 4.69) is 27.4 Å². The van der Waals surface area contributed by atoms with E-state index in [1.165, 1.54) is 10.4 Å². The molecule has 120 valence electrons. The first-order valence-electron chi connectivity index (χ1n) is 8.22. The zero-order valence-corrected chi connectivity index (χ0v) is 13.9. The van der Waals surface area contributed by atoms with Gasteiger partial charge in [-0.3, -0.25) is 14.7 Å². The predicted molar refractivity (Wildman–Crippen MR) is 90.8 cm³/mol. The number of rotatable bonds is 4. The molecule has 0 bridgehead atoms. The normalized spacial score (nSPS) is 24.9. The van der Waals surface area contributed by atoms with Crippen molar-refractivity contribution < 1.29 is 4.79 Å². The number of piperidine rings is 1. The van der Waals surface area contributed by atoms with E-state index in [1.807, 2.05) is 17.0 Å². The third-order valence-electron chi connectivity index (χ3n) is 5.00. The van der Waals surface area contributed by atoms with Crippen LogP contribution in [0.25, 0.3) is 0 Å². The number of likely N-dealkylation sites (tertiary alicyclic amines) is 2. The van der Waals surface area contributed by atoms with Crippen LogP contribution in [0.1, 0.15) is 16.9 Å². The molecule has 0 saturated carbocycles. The molecule has 2 atom stereocenters. The van der Waals surface area contributed by atoms with Gasteiger partial charge in [0.15, 0.2) is 0 Å². The van der Waals surface area contributed by atoms with E-state index >= 15 is 0 Å². The van der Waals surface area contributed by atoms with Crippen LogP contribution >= 0.6 is 11.3 Å². The first kappa shape index (κ1) is 14.8. The Morgan fingerprint density at radius 2 is 2.04 bits per heavy atom. The second-order valence-electron chi connectivity index (χ2n) is 6.54. The van der Waals surface area contributed by atoms with Crippen LogP contribution in [0.5, 0.6) is 0 Å². The Morgan fingerprint density at radius 3 is 2.83 bits per heavy atom. The van der Waals surface area contributed by atoms with Crippen LogP contribution in [0.4, 0.5) is 0 Å². The second kappa shape index (κ2) is 6.42. The standard InChI is InChI=1S/C18H21N3OS/c22-18-17-13-20(12-16-2-1-9-23-16)11-15(17)5-8-21(18)10-14-3-6-19-7-4-14/h1-4,6-7,9,15,17H,5,8,10-13H2/t15-,17+/m1/s1. The lowest BCUT2D eigenvalue weighted by Crippen LogP contribution is -2.44. The highest BCUT2D eigenvalue weighted by molar-refractivity contribution is 7.09. The molecule has 0 unspecified atom stereocenters. The highest BCUT2D eigenvalue weighted by Gasteiger charge is 2.42. The molecule has 4 rings (SSSR count). The van der Waals surface area contributed by atoms with Crippen LogP contribution in [0.3, 0.4) is 0 Å². The maximum absolute atomic E-state index is 12.8. The lowest BCUT2D eigenvalue weighted by Gasteiger charge is -2.34. The number of nitrogens with zero attached hydrogens (tertiary/aromatic N) is 3. The topological polar surface area (TPSA) is 36.4 Å². The number of pyridine rings is 1. The Kier molecular flexibility index (Phi) is 4.14. The summed E-state index contributed by atoms with van der Waals surface area (Å²) in [5, 5.41) is 2.13. The van der Waals surface area contributed by atoms with Crippen molar-refractivity contribution in [3.05, 3.63) is 52.5 Å². The number of fused-ring (bicyclic) bond motifs is 1. The van der Waals surface area contributed by atoms with E-state index in [4.69, 9.17) is 0 Å². The molecule has 2 fully saturated rings. The van der Waals surface area contributed by atoms with E-state index in [-0.39, 0.29) is 5.92 Å². The largest absolute Gasteiger partial charge is 0.338 e. The van der Waals surface area contributed by atoms with E-state index in [0.29, 0.717) is 11.8 Å². The Labute approximate surface area is 140 Å². The van der Waals surface area contributed by atoms with Crippen molar-refractivity contribution in [3.63, 3.8) is 0 Å². The quantitative estimate of drug-likeness (QED) is 0.866. The molecule has 2 aromatic heterocycles. The Morgan fingerprint density at radius 1 is 1.17 bits per heavy atom. The van der Waals surface area contributed by atoms with Gasteiger partial charge in [-0.2, -0.15) is 0 Å². The van der Waals surface area contributed by atoms with Crippen LogP contribution in [-0.2, 0) is 17.9 Å². The van der Waals surface area contributed by atoms with Crippen LogP contribution in [0.15, 0.2) is 42.0 Å². The summed E-state index contributed by atoms with van der Waals surface area (Å²) in [6.45, 7) is 4.57. The molecule has 1 amide bonds. The molecular weight excluding hydrogens is 306 g/mol. The summed E-state index contributed by atoms with van der Waals surface area (Å²) in [5.74, 6) is 1.06. The van der Waals surface area contributed by atoms with Gasteiger partial charge in [0, 0.05) is 50.0 Å². The first-order chi connectivity index (χ1) is 11.3. The summed E-state index contributed by atoms with van der Waals surface area (Å²) in [6, 6.07) is 8.28. The molecular formula is C18H21N3OS. The van der Waals surface area contributed by atoms with Gasteiger partial charge in [-0.25, -0.2) is 0 Å². The van der Waals surface area contributed by atoms with Crippen LogP contribution in [-0.4, -0.2) is 40.3 Å². The zero-order valence-electron chi connectivity index (χ0n) is 13.1. The fourth-order valence-electron chi connectivity index (χ4n) is 3.82. The zero-order chi connectivity index (χ0) is 15.6. The molecule has 0 N–H and O–H groups in total. The van der Waals surface area contributed by atoms with E-state index in [9.17, 15) is 4.79 Å². The Balaban J connectivity index is 1.40. The van der Waals surface area contributed by atoms with Crippen molar-refractivity contribution in [2.75, 3.05) is 19.6 Å².